The fourth-order valence-electron chi connectivity index (χ4n) is 3.41. The number of fused-ring (bicyclic) bond motifs is 1. The van der Waals surface area contributed by atoms with Crippen LogP contribution in [0.25, 0.3) is 0 Å². The zero-order chi connectivity index (χ0) is 19.1. The summed E-state index contributed by atoms with van der Waals surface area (Å²) in [7, 11) is 0. The Balaban J connectivity index is 1.65. The molecule has 2 amide bonds. The molecule has 2 aliphatic rings. The number of halogens is 2. The highest BCUT2D eigenvalue weighted by Crippen LogP contribution is 2.31. The molecule has 0 saturated carbocycles. The van der Waals surface area contributed by atoms with Crippen LogP contribution in [0.1, 0.15) is 12.0 Å². The van der Waals surface area contributed by atoms with Crippen LogP contribution in [0.15, 0.2) is 47.6 Å². The molecule has 0 saturated heterocycles. The van der Waals surface area contributed by atoms with Crippen molar-refractivity contribution in [1.29, 1.82) is 0 Å². The zero-order valence-electron chi connectivity index (χ0n) is 14.2. The molecule has 0 aromatic heterocycles. The lowest BCUT2D eigenvalue weighted by molar-refractivity contribution is -0.119. The Hall–Kier alpha value is -3.29. The number of hydrogen-bond donors (Lipinski definition) is 1. The normalized spacial score (nSPS) is 18.4. The predicted molar refractivity (Wildman–Crippen MR) is 96.4 cm³/mol. The van der Waals surface area contributed by atoms with Crippen LogP contribution < -0.4 is 15.6 Å². The van der Waals surface area contributed by atoms with Gasteiger partial charge in [-0.05, 0) is 48.4 Å². The van der Waals surface area contributed by atoms with E-state index in [4.69, 9.17) is 5.73 Å². The van der Waals surface area contributed by atoms with Gasteiger partial charge in [0.25, 0.3) is 5.91 Å². The van der Waals surface area contributed by atoms with Crippen molar-refractivity contribution in [3.63, 3.8) is 0 Å². The Labute approximate surface area is 153 Å². The van der Waals surface area contributed by atoms with Gasteiger partial charge in [-0.25, -0.2) is 8.78 Å². The van der Waals surface area contributed by atoms with Crippen molar-refractivity contribution in [2.45, 2.75) is 18.9 Å². The molecule has 8 heteroatoms. The largest absolute Gasteiger partial charge is 0.368 e. The number of primary amides is 1. The second-order valence-electron chi connectivity index (χ2n) is 6.47. The summed E-state index contributed by atoms with van der Waals surface area (Å²) in [6, 6.07) is 8.89. The van der Waals surface area contributed by atoms with Crippen LogP contribution in [0.4, 0.5) is 20.2 Å². The lowest BCUT2D eigenvalue weighted by Gasteiger charge is -2.20. The first kappa shape index (κ1) is 17.1. The first-order valence-electron chi connectivity index (χ1n) is 8.46. The van der Waals surface area contributed by atoms with Gasteiger partial charge in [-0.15, -0.1) is 0 Å². The number of nitrogens with zero attached hydrogens (tertiary/aromatic N) is 3. The number of amides is 2. The van der Waals surface area contributed by atoms with Gasteiger partial charge in [0.05, 0.1) is 11.4 Å². The quantitative estimate of drug-likeness (QED) is 0.897. The van der Waals surface area contributed by atoms with Crippen molar-refractivity contribution >= 4 is 28.9 Å². The van der Waals surface area contributed by atoms with Gasteiger partial charge in [0.2, 0.25) is 5.91 Å². The summed E-state index contributed by atoms with van der Waals surface area (Å²) in [6.45, 7) is 0.411. The number of hydrogen-bond acceptors (Lipinski definition) is 4. The van der Waals surface area contributed by atoms with E-state index < -0.39 is 29.5 Å². The Morgan fingerprint density at radius 1 is 1.07 bits per heavy atom. The number of carbonyl (C=O) groups is 2. The van der Waals surface area contributed by atoms with E-state index in [9.17, 15) is 18.4 Å². The third-order valence-corrected chi connectivity index (χ3v) is 4.76. The van der Waals surface area contributed by atoms with Crippen LogP contribution in [0, 0.1) is 11.6 Å². The number of benzene rings is 2. The molecule has 0 spiro atoms. The summed E-state index contributed by atoms with van der Waals surface area (Å²) < 4.78 is 26.8. The molecule has 2 heterocycles. The maximum Gasteiger partial charge on any atom is 0.274 e. The van der Waals surface area contributed by atoms with Gasteiger partial charge in [-0.2, -0.15) is 5.10 Å². The molecular weight excluding hydrogens is 354 g/mol. The van der Waals surface area contributed by atoms with Gasteiger partial charge in [0.15, 0.2) is 0 Å². The molecule has 2 aliphatic heterocycles. The zero-order valence-corrected chi connectivity index (χ0v) is 14.2. The van der Waals surface area contributed by atoms with Crippen LogP contribution >= 0.6 is 0 Å². The van der Waals surface area contributed by atoms with E-state index in [0.29, 0.717) is 24.3 Å². The predicted octanol–water partition coefficient (Wildman–Crippen LogP) is 1.97. The average molecular weight is 370 g/mol. The molecule has 2 aromatic carbocycles. The van der Waals surface area contributed by atoms with E-state index in [1.165, 1.54) is 46.3 Å². The van der Waals surface area contributed by atoms with Crippen molar-refractivity contribution in [2.24, 2.45) is 10.8 Å². The van der Waals surface area contributed by atoms with Gasteiger partial charge in [0, 0.05) is 13.0 Å². The average Bonchev–Trinajstić information content (AvgIpc) is 3.26. The minimum Gasteiger partial charge on any atom is -0.368 e. The molecule has 0 aliphatic carbocycles. The first-order chi connectivity index (χ1) is 12.9. The van der Waals surface area contributed by atoms with Gasteiger partial charge in [-0.1, -0.05) is 6.07 Å². The fourth-order valence-corrected chi connectivity index (χ4v) is 3.41. The Kier molecular flexibility index (Phi) is 4.10. The molecule has 0 bridgehead atoms. The van der Waals surface area contributed by atoms with Crippen molar-refractivity contribution in [2.75, 3.05) is 16.5 Å². The van der Waals surface area contributed by atoms with Gasteiger partial charge in [0.1, 0.15) is 23.4 Å². The SMILES string of the molecule is NC(=O)C1CC(C(=O)N2CCc3ccc(F)cc32)=NN1c1ccc(F)cc1. The van der Waals surface area contributed by atoms with Crippen LogP contribution in [-0.4, -0.2) is 30.1 Å². The molecule has 2 N–H and O–H groups in total. The van der Waals surface area contributed by atoms with Crippen LogP contribution in [0.5, 0.6) is 0 Å². The summed E-state index contributed by atoms with van der Waals surface area (Å²) in [6.07, 6.45) is 0.655. The minimum atomic E-state index is -0.844. The third kappa shape index (κ3) is 3.03. The van der Waals surface area contributed by atoms with E-state index in [-0.39, 0.29) is 12.1 Å². The van der Waals surface area contributed by atoms with Gasteiger partial charge in [-0.3, -0.25) is 14.6 Å². The van der Waals surface area contributed by atoms with E-state index in [1.54, 1.807) is 6.07 Å². The van der Waals surface area contributed by atoms with Gasteiger partial charge >= 0.3 is 0 Å². The van der Waals surface area contributed by atoms with Crippen molar-refractivity contribution < 1.29 is 18.4 Å². The Morgan fingerprint density at radius 3 is 2.48 bits per heavy atom. The molecule has 6 nitrogen and oxygen atoms in total. The maximum absolute atomic E-state index is 13.6. The highest BCUT2D eigenvalue weighted by Gasteiger charge is 2.38. The summed E-state index contributed by atoms with van der Waals surface area (Å²) >= 11 is 0. The fraction of sp³-hybridized carbons (Fsp3) is 0.211. The lowest BCUT2D eigenvalue weighted by Crippen LogP contribution is -2.40. The van der Waals surface area contributed by atoms with E-state index >= 15 is 0 Å². The number of nitrogens with two attached hydrogens (primary N) is 1. The standard InChI is InChI=1S/C19H16F2N4O2/c20-12-3-5-14(6-4-12)25-17(18(22)26)10-15(23-25)19(27)24-8-7-11-1-2-13(21)9-16(11)24/h1-6,9,17H,7-8,10H2,(H2,22,26). The highest BCUT2D eigenvalue weighted by molar-refractivity contribution is 6.45. The molecule has 1 atom stereocenters. The molecular formula is C19H16F2N4O2. The lowest BCUT2D eigenvalue weighted by atomic mass is 10.1. The van der Waals surface area contributed by atoms with E-state index in [0.717, 1.165) is 5.56 Å². The third-order valence-electron chi connectivity index (χ3n) is 4.76. The summed E-state index contributed by atoms with van der Waals surface area (Å²) in [5.41, 5.74) is 7.46. The van der Waals surface area contributed by atoms with E-state index in [2.05, 4.69) is 5.10 Å². The monoisotopic (exact) mass is 370 g/mol. The van der Waals surface area contributed by atoms with Crippen molar-refractivity contribution in [3.8, 4) is 0 Å². The smallest absolute Gasteiger partial charge is 0.274 e. The number of rotatable bonds is 3. The molecule has 0 fully saturated rings. The molecule has 1 unspecified atom stereocenters. The second kappa shape index (κ2) is 6.46. The Morgan fingerprint density at radius 2 is 1.78 bits per heavy atom. The van der Waals surface area contributed by atoms with Crippen LogP contribution in [0.3, 0.4) is 0 Å². The topological polar surface area (TPSA) is 79.0 Å². The summed E-state index contributed by atoms with van der Waals surface area (Å²) in [5, 5.41) is 5.60. The van der Waals surface area contributed by atoms with Crippen molar-refractivity contribution in [1.82, 2.24) is 0 Å². The summed E-state index contributed by atoms with van der Waals surface area (Å²) in [5.74, 6) is -1.89. The molecule has 27 heavy (non-hydrogen) atoms. The number of hydrazone groups is 1. The minimum absolute atomic E-state index is 0.0344. The highest BCUT2D eigenvalue weighted by atomic mass is 19.1. The molecule has 4 rings (SSSR count). The maximum atomic E-state index is 13.6. The molecule has 0 radical (unpaired) electrons. The molecule has 138 valence electrons. The molecule has 2 aromatic rings. The van der Waals surface area contributed by atoms with Crippen LogP contribution in [-0.2, 0) is 16.0 Å². The second-order valence-corrected chi connectivity index (χ2v) is 6.47. The van der Waals surface area contributed by atoms with Crippen LogP contribution in [0.2, 0.25) is 0 Å². The summed E-state index contributed by atoms with van der Waals surface area (Å²) in [4.78, 5) is 26.3. The van der Waals surface area contributed by atoms with Crippen molar-refractivity contribution in [3.05, 3.63) is 59.7 Å². The van der Waals surface area contributed by atoms with Gasteiger partial charge < -0.3 is 10.6 Å². The number of anilines is 2. The van der Waals surface area contributed by atoms with E-state index in [1.807, 2.05) is 0 Å². The Bertz CT molecular complexity index is 959. The number of carbonyl (C=O) groups excluding carboxylic acids is 2. The first-order valence-corrected chi connectivity index (χ1v) is 8.46.